The summed E-state index contributed by atoms with van der Waals surface area (Å²) in [5.74, 6) is 1.39. The molecule has 4 heteroatoms. The molecule has 1 aromatic rings. The zero-order valence-corrected chi connectivity index (χ0v) is 9.91. The van der Waals surface area contributed by atoms with Crippen molar-refractivity contribution in [2.24, 2.45) is 5.92 Å². The zero-order valence-electron chi connectivity index (χ0n) is 9.91. The van der Waals surface area contributed by atoms with Crippen molar-refractivity contribution in [3.63, 3.8) is 0 Å². The highest BCUT2D eigenvalue weighted by Crippen LogP contribution is 2.05. The van der Waals surface area contributed by atoms with Crippen LogP contribution in [0.5, 0.6) is 0 Å². The third kappa shape index (κ3) is 4.01. The van der Waals surface area contributed by atoms with E-state index in [1.165, 1.54) is 0 Å². The van der Waals surface area contributed by atoms with Gasteiger partial charge in [0.15, 0.2) is 0 Å². The zero-order chi connectivity index (χ0) is 11.3. The first-order chi connectivity index (χ1) is 7.13. The van der Waals surface area contributed by atoms with Crippen molar-refractivity contribution in [1.29, 1.82) is 0 Å². The molecule has 4 nitrogen and oxygen atoms in total. The first-order valence-corrected chi connectivity index (χ1v) is 5.28. The molecule has 0 saturated carbocycles. The van der Waals surface area contributed by atoms with Crippen molar-refractivity contribution in [3.05, 3.63) is 17.5 Å². The molecule has 1 unspecified atom stereocenters. The van der Waals surface area contributed by atoms with Crippen LogP contribution < -0.4 is 5.32 Å². The van der Waals surface area contributed by atoms with Gasteiger partial charge in [0.05, 0.1) is 12.3 Å². The van der Waals surface area contributed by atoms with Gasteiger partial charge in [-0.2, -0.15) is 0 Å². The summed E-state index contributed by atoms with van der Waals surface area (Å²) in [5.41, 5.74) is 0.939. The van der Waals surface area contributed by atoms with Crippen molar-refractivity contribution >= 4 is 0 Å². The largest absolute Gasteiger partial charge is 0.383 e. The number of nitrogens with zero attached hydrogens (tertiary/aromatic N) is 1. The van der Waals surface area contributed by atoms with Crippen LogP contribution >= 0.6 is 0 Å². The van der Waals surface area contributed by atoms with E-state index in [0.717, 1.165) is 18.0 Å². The summed E-state index contributed by atoms with van der Waals surface area (Å²) in [6.45, 7) is 7.68. The Labute approximate surface area is 91.0 Å². The Morgan fingerprint density at radius 1 is 1.53 bits per heavy atom. The Kier molecular flexibility index (Phi) is 4.78. The van der Waals surface area contributed by atoms with Crippen LogP contribution in [0, 0.1) is 12.8 Å². The SMILES string of the molecule is COCC(NCc1cc(C)on1)C(C)C. The maximum atomic E-state index is 5.15. The minimum absolute atomic E-state index is 0.354. The highest BCUT2D eigenvalue weighted by atomic mass is 16.5. The third-order valence-corrected chi connectivity index (χ3v) is 2.37. The quantitative estimate of drug-likeness (QED) is 0.780. The van der Waals surface area contributed by atoms with E-state index in [1.54, 1.807) is 7.11 Å². The molecule has 0 aliphatic carbocycles. The van der Waals surface area contributed by atoms with Gasteiger partial charge in [0.1, 0.15) is 5.76 Å². The Balaban J connectivity index is 2.39. The molecule has 0 fully saturated rings. The fraction of sp³-hybridized carbons (Fsp3) is 0.727. The molecular formula is C11H20N2O2. The predicted octanol–water partition coefficient (Wildman–Crippen LogP) is 1.74. The Morgan fingerprint density at radius 3 is 2.73 bits per heavy atom. The van der Waals surface area contributed by atoms with Gasteiger partial charge in [-0.15, -0.1) is 0 Å². The van der Waals surface area contributed by atoms with E-state index in [-0.39, 0.29) is 0 Å². The molecule has 1 atom stereocenters. The van der Waals surface area contributed by atoms with Gasteiger partial charge in [-0.1, -0.05) is 19.0 Å². The number of hydrogen-bond donors (Lipinski definition) is 1. The van der Waals surface area contributed by atoms with E-state index in [9.17, 15) is 0 Å². The van der Waals surface area contributed by atoms with Crippen molar-refractivity contribution < 1.29 is 9.26 Å². The van der Waals surface area contributed by atoms with Crippen LogP contribution in [0.3, 0.4) is 0 Å². The lowest BCUT2D eigenvalue weighted by atomic mass is 10.1. The van der Waals surface area contributed by atoms with Gasteiger partial charge >= 0.3 is 0 Å². The van der Waals surface area contributed by atoms with Crippen LogP contribution in [0.2, 0.25) is 0 Å². The molecule has 1 rings (SSSR count). The van der Waals surface area contributed by atoms with E-state index in [4.69, 9.17) is 9.26 Å². The van der Waals surface area contributed by atoms with Crippen LogP contribution in [0.1, 0.15) is 25.3 Å². The number of aromatic nitrogens is 1. The van der Waals surface area contributed by atoms with Crippen LogP contribution in [0.15, 0.2) is 10.6 Å². The maximum absolute atomic E-state index is 5.15. The number of nitrogens with one attached hydrogen (secondary N) is 1. The number of aryl methyl sites for hydroxylation is 1. The first kappa shape index (κ1) is 12.2. The molecule has 0 radical (unpaired) electrons. The molecule has 1 N–H and O–H groups in total. The summed E-state index contributed by atoms with van der Waals surface area (Å²) in [6, 6.07) is 2.30. The minimum atomic E-state index is 0.354. The van der Waals surface area contributed by atoms with E-state index in [2.05, 4.69) is 24.3 Å². The normalized spacial score (nSPS) is 13.4. The lowest BCUT2D eigenvalue weighted by Crippen LogP contribution is -2.37. The molecule has 86 valence electrons. The second kappa shape index (κ2) is 5.88. The fourth-order valence-corrected chi connectivity index (χ4v) is 1.40. The highest BCUT2D eigenvalue weighted by molar-refractivity contribution is 5.03. The maximum Gasteiger partial charge on any atom is 0.133 e. The molecule has 15 heavy (non-hydrogen) atoms. The molecule has 0 spiro atoms. The second-order valence-corrected chi connectivity index (χ2v) is 4.12. The Bertz CT molecular complexity index is 284. The highest BCUT2D eigenvalue weighted by Gasteiger charge is 2.12. The predicted molar refractivity (Wildman–Crippen MR) is 58.6 cm³/mol. The van der Waals surface area contributed by atoms with Gasteiger partial charge in [0, 0.05) is 25.8 Å². The van der Waals surface area contributed by atoms with Crippen LogP contribution in [0.25, 0.3) is 0 Å². The molecule has 0 aliphatic heterocycles. The molecule has 0 aromatic carbocycles. The topological polar surface area (TPSA) is 47.3 Å². The van der Waals surface area contributed by atoms with Gasteiger partial charge in [0.25, 0.3) is 0 Å². The van der Waals surface area contributed by atoms with Gasteiger partial charge < -0.3 is 14.6 Å². The molecule has 1 aromatic heterocycles. The molecule has 0 bridgehead atoms. The van der Waals surface area contributed by atoms with Crippen molar-refractivity contribution in [2.75, 3.05) is 13.7 Å². The minimum Gasteiger partial charge on any atom is -0.383 e. The average molecular weight is 212 g/mol. The number of ether oxygens (including phenoxy) is 1. The number of rotatable bonds is 6. The second-order valence-electron chi connectivity index (χ2n) is 4.12. The van der Waals surface area contributed by atoms with Crippen LogP contribution in [0.4, 0.5) is 0 Å². The third-order valence-electron chi connectivity index (χ3n) is 2.37. The van der Waals surface area contributed by atoms with Gasteiger partial charge in [-0.25, -0.2) is 0 Å². The van der Waals surface area contributed by atoms with Gasteiger partial charge in [-0.3, -0.25) is 0 Å². The molecular weight excluding hydrogens is 192 g/mol. The fourth-order valence-electron chi connectivity index (χ4n) is 1.40. The molecule has 0 amide bonds. The Hall–Kier alpha value is -0.870. The van der Waals surface area contributed by atoms with Crippen molar-refractivity contribution in [3.8, 4) is 0 Å². The van der Waals surface area contributed by atoms with E-state index in [0.29, 0.717) is 18.6 Å². The first-order valence-electron chi connectivity index (χ1n) is 5.28. The van der Waals surface area contributed by atoms with Crippen LogP contribution in [-0.4, -0.2) is 24.9 Å². The lowest BCUT2D eigenvalue weighted by molar-refractivity contribution is 0.146. The lowest BCUT2D eigenvalue weighted by Gasteiger charge is -2.20. The smallest absolute Gasteiger partial charge is 0.133 e. The average Bonchev–Trinajstić information content (AvgIpc) is 2.58. The summed E-state index contributed by atoms with van der Waals surface area (Å²) in [5, 5.41) is 7.33. The van der Waals surface area contributed by atoms with Gasteiger partial charge in [-0.05, 0) is 12.8 Å². The van der Waals surface area contributed by atoms with Crippen molar-refractivity contribution in [2.45, 2.75) is 33.4 Å². The van der Waals surface area contributed by atoms with Crippen LogP contribution in [-0.2, 0) is 11.3 Å². The Morgan fingerprint density at radius 2 is 2.27 bits per heavy atom. The standard InChI is InChI=1S/C11H20N2O2/c1-8(2)11(7-14-4)12-6-10-5-9(3)15-13-10/h5,8,11-12H,6-7H2,1-4H3. The summed E-state index contributed by atoms with van der Waals surface area (Å²) in [4.78, 5) is 0. The number of hydrogen-bond acceptors (Lipinski definition) is 4. The van der Waals surface area contributed by atoms with E-state index < -0.39 is 0 Å². The van der Waals surface area contributed by atoms with Gasteiger partial charge in [0.2, 0.25) is 0 Å². The summed E-state index contributed by atoms with van der Waals surface area (Å²) in [6.07, 6.45) is 0. The molecule has 0 saturated heterocycles. The molecule has 0 aliphatic rings. The summed E-state index contributed by atoms with van der Waals surface area (Å²) in [7, 11) is 1.72. The monoisotopic (exact) mass is 212 g/mol. The van der Waals surface area contributed by atoms with E-state index >= 15 is 0 Å². The molecule has 1 heterocycles. The summed E-state index contributed by atoms with van der Waals surface area (Å²) >= 11 is 0. The summed E-state index contributed by atoms with van der Waals surface area (Å²) < 4.78 is 10.1. The number of methoxy groups -OCH3 is 1. The van der Waals surface area contributed by atoms with E-state index in [1.807, 2.05) is 13.0 Å². The van der Waals surface area contributed by atoms with Crippen molar-refractivity contribution in [1.82, 2.24) is 10.5 Å².